The lowest BCUT2D eigenvalue weighted by atomic mass is 9.93. The summed E-state index contributed by atoms with van der Waals surface area (Å²) >= 11 is 0. The molecule has 2 aromatic carbocycles. The van der Waals surface area contributed by atoms with Crippen molar-refractivity contribution in [1.29, 1.82) is 0 Å². The molecule has 1 N–H and O–H groups in total. The molecule has 38 heavy (non-hydrogen) atoms. The van der Waals surface area contributed by atoms with Crippen molar-refractivity contribution in [3.8, 4) is 11.3 Å². The molecule has 4 rings (SSSR count). The largest absolute Gasteiger partial charge is 0.365 e. The summed E-state index contributed by atoms with van der Waals surface area (Å²) in [6, 6.07) is 10.6. The Bertz CT molecular complexity index is 1550. The minimum Gasteiger partial charge on any atom is -0.365 e. The molecule has 2 heterocycles. The third-order valence-corrected chi connectivity index (χ3v) is 7.11. The first kappa shape index (κ1) is 26.9. The average Bonchev–Trinajstić information content (AvgIpc) is 2.82. The Kier molecular flexibility index (Phi) is 7.57. The van der Waals surface area contributed by atoms with Gasteiger partial charge in [0.05, 0.1) is 16.3 Å². The minimum atomic E-state index is -0.492. The molecule has 9 heteroatoms. The quantitative estimate of drug-likeness (QED) is 0.380. The highest BCUT2D eigenvalue weighted by molar-refractivity contribution is 5.67. The fourth-order valence-electron chi connectivity index (χ4n) is 5.10. The van der Waals surface area contributed by atoms with Crippen LogP contribution in [-0.4, -0.2) is 39.6 Å². The number of fused-ring (bicyclic) bond motifs is 3. The summed E-state index contributed by atoms with van der Waals surface area (Å²) in [6.45, 7) is 11.5. The Morgan fingerprint density at radius 1 is 1.05 bits per heavy atom. The van der Waals surface area contributed by atoms with Crippen LogP contribution in [0.25, 0.3) is 11.3 Å². The summed E-state index contributed by atoms with van der Waals surface area (Å²) in [5.41, 5.74) is 10.1. The molecule has 0 saturated carbocycles. The van der Waals surface area contributed by atoms with Gasteiger partial charge in [0, 0.05) is 45.4 Å². The maximum absolute atomic E-state index is 13.9. The van der Waals surface area contributed by atoms with Gasteiger partial charge in [-0.25, -0.2) is 9.79 Å². The number of hydrogen-bond acceptors (Lipinski definition) is 6. The highest BCUT2D eigenvalue weighted by atomic mass is 16.6. The zero-order valence-corrected chi connectivity index (χ0v) is 23.3. The van der Waals surface area contributed by atoms with Gasteiger partial charge in [-0.2, -0.15) is 0 Å². The topological polar surface area (TPSA) is 97.7 Å². The lowest BCUT2D eigenvalue weighted by Crippen LogP contribution is -2.44. The van der Waals surface area contributed by atoms with Crippen LogP contribution < -0.4 is 16.5 Å². The van der Waals surface area contributed by atoms with E-state index in [4.69, 9.17) is 4.99 Å². The fourth-order valence-corrected chi connectivity index (χ4v) is 5.10. The van der Waals surface area contributed by atoms with Crippen LogP contribution in [0.15, 0.2) is 52.1 Å². The van der Waals surface area contributed by atoms with Gasteiger partial charge in [0.15, 0.2) is 5.82 Å². The van der Waals surface area contributed by atoms with Crippen molar-refractivity contribution in [3.05, 3.63) is 102 Å². The van der Waals surface area contributed by atoms with E-state index in [0.717, 1.165) is 46.3 Å². The van der Waals surface area contributed by atoms with Gasteiger partial charge in [-0.15, -0.1) is 0 Å². The first-order valence-electron chi connectivity index (χ1n) is 12.8. The number of nitrogens with one attached hydrogen (secondary N) is 1. The predicted molar refractivity (Wildman–Crippen MR) is 150 cm³/mol. The molecular formula is C29H36N6O3. The van der Waals surface area contributed by atoms with Crippen molar-refractivity contribution in [3.63, 3.8) is 0 Å². The van der Waals surface area contributed by atoms with E-state index in [1.807, 2.05) is 24.5 Å². The van der Waals surface area contributed by atoms with Crippen molar-refractivity contribution in [2.75, 3.05) is 20.6 Å². The van der Waals surface area contributed by atoms with E-state index < -0.39 is 4.92 Å². The summed E-state index contributed by atoms with van der Waals surface area (Å²) in [4.78, 5) is 31.1. The number of hydrogen-bond donors (Lipinski definition) is 1. The number of aromatic nitrogens is 2. The van der Waals surface area contributed by atoms with E-state index in [9.17, 15) is 14.9 Å². The van der Waals surface area contributed by atoms with Crippen LogP contribution >= 0.6 is 0 Å². The van der Waals surface area contributed by atoms with Gasteiger partial charge in [0.25, 0.3) is 6.20 Å². The SMILES string of the molecule is Cc1cc(C)c(N=c2cc3n(c(=O)n2CCN/C(=C/[N+](=O)[O-])N(C)C)CCc2cc(C)c(C)cc2-3)c(C)c1. The van der Waals surface area contributed by atoms with Crippen molar-refractivity contribution < 1.29 is 4.92 Å². The molecule has 0 amide bonds. The van der Waals surface area contributed by atoms with Gasteiger partial charge in [-0.3, -0.25) is 19.2 Å². The highest BCUT2D eigenvalue weighted by Gasteiger charge is 2.21. The van der Waals surface area contributed by atoms with Crippen LogP contribution in [0, 0.1) is 44.7 Å². The van der Waals surface area contributed by atoms with Gasteiger partial charge in [0.2, 0.25) is 0 Å². The monoisotopic (exact) mass is 516 g/mol. The molecule has 1 aliphatic rings. The Balaban J connectivity index is 1.89. The molecule has 0 atom stereocenters. The van der Waals surface area contributed by atoms with E-state index in [-0.39, 0.29) is 5.69 Å². The van der Waals surface area contributed by atoms with E-state index >= 15 is 0 Å². The molecule has 1 aliphatic heterocycles. The van der Waals surface area contributed by atoms with Crippen LogP contribution in [0.1, 0.15) is 33.4 Å². The highest BCUT2D eigenvalue weighted by Crippen LogP contribution is 2.30. The summed E-state index contributed by atoms with van der Waals surface area (Å²) in [5, 5.41) is 14.1. The van der Waals surface area contributed by atoms with Crippen LogP contribution in [0.3, 0.4) is 0 Å². The van der Waals surface area contributed by atoms with Crippen LogP contribution in [0.2, 0.25) is 0 Å². The summed E-state index contributed by atoms with van der Waals surface area (Å²) in [6.07, 6.45) is 1.71. The van der Waals surface area contributed by atoms with Crippen LogP contribution in [-0.2, 0) is 19.5 Å². The second kappa shape index (κ2) is 10.7. The van der Waals surface area contributed by atoms with Crippen molar-refractivity contribution >= 4 is 5.69 Å². The maximum Gasteiger partial charge on any atom is 0.330 e. The minimum absolute atomic E-state index is 0.140. The Labute approximate surface area is 222 Å². The molecule has 200 valence electrons. The van der Waals surface area contributed by atoms with E-state index in [1.54, 1.807) is 23.6 Å². The van der Waals surface area contributed by atoms with Gasteiger partial charge in [-0.1, -0.05) is 23.8 Å². The average molecular weight is 517 g/mol. The Hall–Kier alpha value is -4.14. The molecule has 0 saturated heterocycles. The van der Waals surface area contributed by atoms with Crippen molar-refractivity contribution in [2.45, 2.75) is 54.1 Å². The van der Waals surface area contributed by atoms with Crippen LogP contribution in [0.5, 0.6) is 0 Å². The lowest BCUT2D eigenvalue weighted by Gasteiger charge is -2.25. The predicted octanol–water partition coefficient (Wildman–Crippen LogP) is 3.87. The summed E-state index contributed by atoms with van der Waals surface area (Å²) in [7, 11) is 3.46. The molecule has 0 fully saturated rings. The maximum atomic E-state index is 13.9. The molecule has 0 spiro atoms. The molecule has 0 aliphatic carbocycles. The zero-order valence-electron chi connectivity index (χ0n) is 23.3. The van der Waals surface area contributed by atoms with E-state index in [2.05, 4.69) is 50.4 Å². The molecule has 0 radical (unpaired) electrons. The standard InChI is InChI=1S/C29H36N6O3/c1-18-12-21(4)28(22(5)13-18)31-26-16-25-24-15-20(3)19(2)14-23(24)8-10-33(25)29(36)34(26)11-9-30-27(32(6)7)17-35(37)38/h12-17,30H,8-11H2,1-7H3/b27-17-,31-26?. The fraction of sp³-hybridized carbons (Fsp3) is 0.379. The normalized spacial score (nSPS) is 13.2. The number of benzene rings is 2. The molecule has 1 aromatic heterocycles. The van der Waals surface area contributed by atoms with E-state index in [0.29, 0.717) is 30.9 Å². The third kappa shape index (κ3) is 5.41. The molecule has 0 bridgehead atoms. The second-order valence-electron chi connectivity index (χ2n) is 10.3. The molecule has 3 aromatic rings. The summed E-state index contributed by atoms with van der Waals surface area (Å²) < 4.78 is 3.49. The molecule has 0 unspecified atom stereocenters. The smallest absolute Gasteiger partial charge is 0.330 e. The molecule has 9 nitrogen and oxygen atoms in total. The van der Waals surface area contributed by atoms with Gasteiger partial charge >= 0.3 is 5.69 Å². The van der Waals surface area contributed by atoms with Gasteiger partial charge in [-0.05, 0) is 74.9 Å². The van der Waals surface area contributed by atoms with Crippen molar-refractivity contribution in [1.82, 2.24) is 19.4 Å². The van der Waals surface area contributed by atoms with Gasteiger partial charge < -0.3 is 10.2 Å². The number of aryl methyl sites for hydroxylation is 6. The first-order chi connectivity index (χ1) is 18.0. The number of rotatable bonds is 7. The van der Waals surface area contributed by atoms with Crippen molar-refractivity contribution in [2.24, 2.45) is 4.99 Å². The second-order valence-corrected chi connectivity index (χ2v) is 10.3. The third-order valence-electron chi connectivity index (χ3n) is 7.11. The van der Waals surface area contributed by atoms with Crippen LogP contribution in [0.4, 0.5) is 5.69 Å². The van der Waals surface area contributed by atoms with Gasteiger partial charge in [0.1, 0.15) is 5.49 Å². The number of nitrogens with zero attached hydrogens (tertiary/aromatic N) is 5. The Morgan fingerprint density at radius 2 is 1.71 bits per heavy atom. The summed E-state index contributed by atoms with van der Waals surface area (Å²) in [5.74, 6) is 0.358. The lowest BCUT2D eigenvalue weighted by molar-refractivity contribution is -0.404. The van der Waals surface area contributed by atoms with E-state index in [1.165, 1.54) is 16.7 Å². The molecular weight excluding hydrogens is 480 g/mol. The first-order valence-corrected chi connectivity index (χ1v) is 12.8. The number of nitro groups is 1. The zero-order chi connectivity index (χ0) is 27.7. The Morgan fingerprint density at radius 3 is 2.34 bits per heavy atom.